The predicted octanol–water partition coefficient (Wildman–Crippen LogP) is 3.12. The predicted molar refractivity (Wildman–Crippen MR) is 66.3 cm³/mol. The molecule has 1 aromatic carbocycles. The van der Waals surface area contributed by atoms with Crippen molar-refractivity contribution < 1.29 is 4.39 Å². The number of nitrogens with two attached hydrogens (primary N) is 1. The summed E-state index contributed by atoms with van der Waals surface area (Å²) in [6, 6.07) is 8.60. The Morgan fingerprint density at radius 3 is 2.76 bits per heavy atom. The van der Waals surface area contributed by atoms with Crippen LogP contribution < -0.4 is 5.73 Å². The Kier molecular flexibility index (Phi) is 3.71. The van der Waals surface area contributed by atoms with Gasteiger partial charge in [0, 0.05) is 22.8 Å². The van der Waals surface area contributed by atoms with E-state index in [9.17, 15) is 4.39 Å². The number of nitrogens with zero attached hydrogens (tertiary/aromatic N) is 1. The van der Waals surface area contributed by atoms with E-state index >= 15 is 0 Å². The fourth-order valence-corrected chi connectivity index (χ4v) is 1.91. The molecule has 0 bridgehead atoms. The van der Waals surface area contributed by atoms with Gasteiger partial charge in [0.1, 0.15) is 5.82 Å². The Hall–Kier alpha value is -1.45. The molecule has 2 nitrogen and oxygen atoms in total. The second-order valence-electron chi connectivity index (χ2n) is 3.80. The van der Waals surface area contributed by atoms with E-state index in [1.807, 2.05) is 18.2 Å². The maximum atomic E-state index is 13.5. The van der Waals surface area contributed by atoms with E-state index < -0.39 is 6.04 Å². The first kappa shape index (κ1) is 12.0. The van der Waals surface area contributed by atoms with Crippen LogP contribution in [0.25, 0.3) is 0 Å². The molecule has 1 heterocycles. The number of aromatic nitrogens is 1. The summed E-state index contributed by atoms with van der Waals surface area (Å²) in [6.07, 6.45) is 3.20. The first-order valence-corrected chi connectivity index (χ1v) is 5.64. The van der Waals surface area contributed by atoms with Gasteiger partial charge in [0.2, 0.25) is 0 Å². The molecule has 2 rings (SSSR count). The van der Waals surface area contributed by atoms with Gasteiger partial charge >= 0.3 is 0 Å². The van der Waals surface area contributed by atoms with Gasteiger partial charge in [-0.1, -0.05) is 29.8 Å². The van der Waals surface area contributed by atoms with Gasteiger partial charge in [-0.2, -0.15) is 0 Å². The molecule has 0 saturated carbocycles. The van der Waals surface area contributed by atoms with Crippen molar-refractivity contribution in [1.29, 1.82) is 0 Å². The van der Waals surface area contributed by atoms with Crippen LogP contribution in [0.1, 0.15) is 17.2 Å². The molecular formula is C13H12ClFN2. The highest BCUT2D eigenvalue weighted by molar-refractivity contribution is 6.31. The minimum Gasteiger partial charge on any atom is -0.324 e. The van der Waals surface area contributed by atoms with Crippen molar-refractivity contribution in [3.05, 3.63) is 64.7 Å². The van der Waals surface area contributed by atoms with E-state index in [0.29, 0.717) is 17.0 Å². The number of benzene rings is 1. The summed E-state index contributed by atoms with van der Waals surface area (Å²) in [6.45, 7) is 0. The largest absolute Gasteiger partial charge is 0.324 e. The summed E-state index contributed by atoms with van der Waals surface area (Å²) >= 11 is 6.03. The average molecular weight is 251 g/mol. The van der Waals surface area contributed by atoms with E-state index in [4.69, 9.17) is 17.3 Å². The quantitative estimate of drug-likeness (QED) is 0.909. The van der Waals surface area contributed by atoms with Crippen LogP contribution in [0.3, 0.4) is 0 Å². The lowest BCUT2D eigenvalue weighted by Crippen LogP contribution is -2.15. The van der Waals surface area contributed by atoms with Crippen LogP contribution in [-0.2, 0) is 6.42 Å². The van der Waals surface area contributed by atoms with Crippen molar-refractivity contribution in [1.82, 2.24) is 4.98 Å². The van der Waals surface area contributed by atoms with Gasteiger partial charge in [0.25, 0.3) is 0 Å². The van der Waals surface area contributed by atoms with Gasteiger partial charge in [-0.15, -0.1) is 0 Å². The molecule has 2 N–H and O–H groups in total. The van der Waals surface area contributed by atoms with E-state index in [2.05, 4.69) is 4.98 Å². The zero-order valence-corrected chi connectivity index (χ0v) is 9.86. The molecule has 0 amide bonds. The molecule has 0 aliphatic rings. The third-order valence-electron chi connectivity index (χ3n) is 2.60. The van der Waals surface area contributed by atoms with Crippen LogP contribution in [0.15, 0.2) is 42.7 Å². The summed E-state index contributed by atoms with van der Waals surface area (Å²) in [5.41, 5.74) is 7.34. The fourth-order valence-electron chi connectivity index (χ4n) is 1.70. The van der Waals surface area contributed by atoms with Crippen LogP contribution in [0.5, 0.6) is 0 Å². The summed E-state index contributed by atoms with van der Waals surface area (Å²) in [5, 5.41) is 0.650. The molecule has 2 aromatic rings. The van der Waals surface area contributed by atoms with Gasteiger partial charge in [-0.25, -0.2) is 4.39 Å². The molecule has 1 atom stereocenters. The second-order valence-corrected chi connectivity index (χ2v) is 4.21. The Balaban J connectivity index is 2.20. The van der Waals surface area contributed by atoms with Gasteiger partial charge in [0.05, 0.1) is 6.20 Å². The minimum atomic E-state index is -0.419. The molecular weight excluding hydrogens is 239 g/mol. The molecule has 4 heteroatoms. The van der Waals surface area contributed by atoms with Crippen molar-refractivity contribution in [2.24, 2.45) is 5.73 Å². The van der Waals surface area contributed by atoms with Crippen molar-refractivity contribution in [3.63, 3.8) is 0 Å². The number of halogens is 2. The smallest absolute Gasteiger partial charge is 0.146 e. The molecule has 88 valence electrons. The fraction of sp³-hybridized carbons (Fsp3) is 0.154. The van der Waals surface area contributed by atoms with Gasteiger partial charge in [0.15, 0.2) is 0 Å². The lowest BCUT2D eigenvalue weighted by Gasteiger charge is -2.13. The maximum Gasteiger partial charge on any atom is 0.146 e. The first-order chi connectivity index (χ1) is 8.18. The summed E-state index contributed by atoms with van der Waals surface area (Å²) in [7, 11) is 0. The van der Waals surface area contributed by atoms with Crippen LogP contribution in [-0.4, -0.2) is 4.98 Å². The summed E-state index contributed by atoms with van der Waals surface area (Å²) in [5.74, 6) is -0.382. The van der Waals surface area contributed by atoms with Crippen LogP contribution in [0.4, 0.5) is 4.39 Å². The van der Waals surface area contributed by atoms with Crippen molar-refractivity contribution in [2.45, 2.75) is 12.5 Å². The van der Waals surface area contributed by atoms with Crippen LogP contribution in [0, 0.1) is 5.82 Å². The number of hydrogen-bond acceptors (Lipinski definition) is 2. The number of pyridine rings is 1. The van der Waals surface area contributed by atoms with Gasteiger partial charge in [-0.05, 0) is 24.1 Å². The highest BCUT2D eigenvalue weighted by Crippen LogP contribution is 2.22. The Morgan fingerprint density at radius 2 is 2.06 bits per heavy atom. The topological polar surface area (TPSA) is 38.9 Å². The summed E-state index contributed by atoms with van der Waals surface area (Å²) in [4.78, 5) is 3.70. The van der Waals surface area contributed by atoms with Gasteiger partial charge < -0.3 is 5.73 Å². The Morgan fingerprint density at radius 1 is 1.29 bits per heavy atom. The molecule has 0 aliphatic heterocycles. The minimum absolute atomic E-state index is 0.382. The number of rotatable bonds is 3. The van der Waals surface area contributed by atoms with E-state index in [-0.39, 0.29) is 5.82 Å². The van der Waals surface area contributed by atoms with E-state index in [1.54, 1.807) is 12.1 Å². The zero-order chi connectivity index (χ0) is 12.3. The SMILES string of the molecule is NC(Cc1ccccc1Cl)c1ccncc1F. The number of hydrogen-bond donors (Lipinski definition) is 1. The third kappa shape index (κ3) is 2.81. The molecule has 17 heavy (non-hydrogen) atoms. The Labute approximate surface area is 104 Å². The first-order valence-electron chi connectivity index (χ1n) is 5.27. The zero-order valence-electron chi connectivity index (χ0n) is 9.11. The highest BCUT2D eigenvalue weighted by atomic mass is 35.5. The van der Waals surface area contributed by atoms with E-state index in [1.165, 1.54) is 12.4 Å². The molecule has 0 spiro atoms. The highest BCUT2D eigenvalue weighted by Gasteiger charge is 2.13. The second kappa shape index (κ2) is 5.25. The monoisotopic (exact) mass is 250 g/mol. The van der Waals surface area contributed by atoms with Crippen molar-refractivity contribution >= 4 is 11.6 Å². The van der Waals surface area contributed by atoms with Crippen LogP contribution in [0.2, 0.25) is 5.02 Å². The maximum absolute atomic E-state index is 13.5. The van der Waals surface area contributed by atoms with Crippen molar-refractivity contribution in [2.75, 3.05) is 0 Å². The standard InChI is InChI=1S/C13H12ClFN2/c14-11-4-2-1-3-9(11)7-13(16)10-5-6-17-8-12(10)15/h1-6,8,13H,7,16H2. The lowest BCUT2D eigenvalue weighted by atomic mass is 10.0. The van der Waals surface area contributed by atoms with Gasteiger partial charge in [-0.3, -0.25) is 4.98 Å². The summed E-state index contributed by atoms with van der Waals surface area (Å²) < 4.78 is 13.5. The molecule has 0 fully saturated rings. The normalized spacial score (nSPS) is 12.4. The van der Waals surface area contributed by atoms with Crippen molar-refractivity contribution in [3.8, 4) is 0 Å². The molecule has 1 aromatic heterocycles. The average Bonchev–Trinajstić information content (AvgIpc) is 2.32. The van der Waals surface area contributed by atoms with Crippen LogP contribution >= 0.6 is 11.6 Å². The molecule has 1 unspecified atom stereocenters. The Bertz CT molecular complexity index is 516. The molecule has 0 radical (unpaired) electrons. The third-order valence-corrected chi connectivity index (χ3v) is 2.97. The van der Waals surface area contributed by atoms with E-state index in [0.717, 1.165) is 5.56 Å². The molecule has 0 aliphatic carbocycles. The lowest BCUT2D eigenvalue weighted by molar-refractivity contribution is 0.574. The molecule has 0 saturated heterocycles.